The molecule has 0 saturated carbocycles. The van der Waals surface area contributed by atoms with Gasteiger partial charge in [-0.1, -0.05) is 12.1 Å². The molecule has 0 atom stereocenters. The third kappa shape index (κ3) is 3.43. The Morgan fingerprint density at radius 2 is 1.91 bits per heavy atom. The molecule has 0 radical (unpaired) electrons. The van der Waals surface area contributed by atoms with E-state index in [1.54, 1.807) is 23.7 Å². The Balaban J connectivity index is 1.74. The number of aromatic nitrogens is 1. The van der Waals surface area contributed by atoms with Crippen molar-refractivity contribution in [2.75, 3.05) is 0 Å². The van der Waals surface area contributed by atoms with Crippen molar-refractivity contribution >= 4 is 17.2 Å². The van der Waals surface area contributed by atoms with Crippen molar-refractivity contribution < 1.29 is 13.6 Å². The number of nitrogens with zero attached hydrogens (tertiary/aromatic N) is 1. The molecule has 3 nitrogen and oxygen atoms in total. The van der Waals surface area contributed by atoms with E-state index in [0.29, 0.717) is 0 Å². The van der Waals surface area contributed by atoms with Crippen LogP contribution in [0.1, 0.15) is 15.9 Å². The number of pyridine rings is 1. The number of amides is 1. The van der Waals surface area contributed by atoms with Gasteiger partial charge in [-0.25, -0.2) is 8.78 Å². The Morgan fingerprint density at radius 1 is 1.13 bits per heavy atom. The van der Waals surface area contributed by atoms with Crippen LogP contribution >= 0.6 is 11.3 Å². The minimum Gasteiger partial charge on any atom is -0.348 e. The SMILES string of the molecule is O=C(NCc1cncc(-c2cccs2)c1)c1c(F)cccc1F. The van der Waals surface area contributed by atoms with Crippen LogP contribution in [0.3, 0.4) is 0 Å². The lowest BCUT2D eigenvalue weighted by Gasteiger charge is -2.08. The second-order valence-electron chi connectivity index (χ2n) is 4.84. The Labute approximate surface area is 135 Å². The van der Waals surface area contributed by atoms with E-state index in [1.165, 1.54) is 6.07 Å². The molecule has 6 heteroatoms. The molecule has 0 aliphatic rings. The molecule has 0 saturated heterocycles. The first-order chi connectivity index (χ1) is 11.1. The summed E-state index contributed by atoms with van der Waals surface area (Å²) in [7, 11) is 0. The van der Waals surface area contributed by atoms with Crippen molar-refractivity contribution in [3.8, 4) is 10.4 Å². The molecule has 2 heterocycles. The Morgan fingerprint density at radius 3 is 2.61 bits per heavy atom. The van der Waals surface area contributed by atoms with Gasteiger partial charge in [0.1, 0.15) is 17.2 Å². The summed E-state index contributed by atoms with van der Waals surface area (Å²) < 4.78 is 27.1. The summed E-state index contributed by atoms with van der Waals surface area (Å²) in [6.45, 7) is 0.138. The van der Waals surface area contributed by atoms with Gasteiger partial charge in [-0.15, -0.1) is 11.3 Å². The minimum absolute atomic E-state index is 0.138. The number of nitrogens with one attached hydrogen (secondary N) is 1. The van der Waals surface area contributed by atoms with Crippen LogP contribution in [0.25, 0.3) is 10.4 Å². The van der Waals surface area contributed by atoms with Crippen molar-refractivity contribution in [2.24, 2.45) is 0 Å². The molecule has 1 aromatic carbocycles. The van der Waals surface area contributed by atoms with Gasteiger partial charge in [0.25, 0.3) is 5.91 Å². The van der Waals surface area contributed by atoms with Crippen LogP contribution in [-0.4, -0.2) is 10.9 Å². The van der Waals surface area contributed by atoms with E-state index in [1.807, 2.05) is 23.6 Å². The molecular weight excluding hydrogens is 318 g/mol. The second kappa shape index (κ2) is 6.66. The Hall–Kier alpha value is -2.60. The molecule has 0 aliphatic carbocycles. The molecule has 116 valence electrons. The third-order valence-electron chi connectivity index (χ3n) is 3.24. The van der Waals surface area contributed by atoms with Crippen LogP contribution in [0, 0.1) is 11.6 Å². The van der Waals surface area contributed by atoms with E-state index in [4.69, 9.17) is 0 Å². The summed E-state index contributed by atoms with van der Waals surface area (Å²) >= 11 is 1.58. The fourth-order valence-corrected chi connectivity index (χ4v) is 2.86. The van der Waals surface area contributed by atoms with Gasteiger partial charge in [0.2, 0.25) is 0 Å². The average Bonchev–Trinajstić information content (AvgIpc) is 3.07. The Kier molecular flexibility index (Phi) is 4.43. The number of carbonyl (C=O) groups is 1. The van der Waals surface area contributed by atoms with E-state index in [-0.39, 0.29) is 6.54 Å². The van der Waals surface area contributed by atoms with Crippen LogP contribution in [0.2, 0.25) is 0 Å². The molecular formula is C17H12F2N2OS. The van der Waals surface area contributed by atoms with E-state index >= 15 is 0 Å². The van der Waals surface area contributed by atoms with Gasteiger partial charge < -0.3 is 5.32 Å². The van der Waals surface area contributed by atoms with Gasteiger partial charge >= 0.3 is 0 Å². The molecule has 1 N–H and O–H groups in total. The number of hydrogen-bond acceptors (Lipinski definition) is 3. The lowest BCUT2D eigenvalue weighted by atomic mass is 10.1. The zero-order valence-electron chi connectivity index (χ0n) is 11.9. The van der Waals surface area contributed by atoms with Crippen molar-refractivity contribution in [1.29, 1.82) is 0 Å². The van der Waals surface area contributed by atoms with Crippen molar-refractivity contribution in [3.05, 3.63) is 76.9 Å². The molecule has 23 heavy (non-hydrogen) atoms. The maximum Gasteiger partial charge on any atom is 0.257 e. The molecule has 3 aromatic rings. The highest BCUT2D eigenvalue weighted by molar-refractivity contribution is 7.13. The zero-order chi connectivity index (χ0) is 16.2. The molecule has 0 spiro atoms. The number of rotatable bonds is 4. The smallest absolute Gasteiger partial charge is 0.257 e. The monoisotopic (exact) mass is 330 g/mol. The molecule has 1 amide bonds. The predicted molar refractivity (Wildman–Crippen MR) is 85.1 cm³/mol. The van der Waals surface area contributed by atoms with E-state index in [0.717, 1.165) is 28.1 Å². The maximum absolute atomic E-state index is 13.6. The highest BCUT2D eigenvalue weighted by Gasteiger charge is 2.16. The summed E-state index contributed by atoms with van der Waals surface area (Å²) in [6, 6.07) is 9.12. The summed E-state index contributed by atoms with van der Waals surface area (Å²) in [5, 5.41) is 4.48. The lowest BCUT2D eigenvalue weighted by molar-refractivity contribution is 0.0942. The largest absolute Gasteiger partial charge is 0.348 e. The van der Waals surface area contributed by atoms with Crippen molar-refractivity contribution in [1.82, 2.24) is 10.3 Å². The molecule has 0 unspecified atom stereocenters. The van der Waals surface area contributed by atoms with Crippen molar-refractivity contribution in [2.45, 2.75) is 6.54 Å². The van der Waals surface area contributed by atoms with Crippen LogP contribution in [0.15, 0.2) is 54.2 Å². The summed E-state index contributed by atoms with van der Waals surface area (Å²) in [4.78, 5) is 17.2. The first kappa shape index (κ1) is 15.3. The number of hydrogen-bond donors (Lipinski definition) is 1. The second-order valence-corrected chi connectivity index (χ2v) is 5.79. The fraction of sp³-hybridized carbons (Fsp3) is 0.0588. The molecule has 0 aliphatic heterocycles. The van der Waals surface area contributed by atoms with Crippen LogP contribution in [0.4, 0.5) is 8.78 Å². The standard InChI is InChI=1S/C17H12F2N2OS/c18-13-3-1-4-14(19)16(13)17(22)21-9-11-7-12(10-20-8-11)15-5-2-6-23-15/h1-8,10H,9H2,(H,21,22). The van der Waals surface area contributed by atoms with Crippen LogP contribution in [-0.2, 0) is 6.54 Å². The number of benzene rings is 1. The minimum atomic E-state index is -0.882. The van der Waals surface area contributed by atoms with E-state index in [9.17, 15) is 13.6 Å². The summed E-state index contributed by atoms with van der Waals surface area (Å²) in [5.74, 6) is -2.55. The fourth-order valence-electron chi connectivity index (χ4n) is 2.15. The summed E-state index contributed by atoms with van der Waals surface area (Å²) in [5.41, 5.74) is 1.11. The van der Waals surface area contributed by atoms with Gasteiger partial charge in [-0.2, -0.15) is 0 Å². The highest BCUT2D eigenvalue weighted by atomic mass is 32.1. The van der Waals surface area contributed by atoms with Gasteiger partial charge in [0, 0.05) is 29.4 Å². The Bertz CT molecular complexity index is 814. The first-order valence-electron chi connectivity index (χ1n) is 6.85. The average molecular weight is 330 g/mol. The lowest BCUT2D eigenvalue weighted by Crippen LogP contribution is -2.25. The quantitative estimate of drug-likeness (QED) is 0.785. The topological polar surface area (TPSA) is 42.0 Å². The normalized spacial score (nSPS) is 10.5. The zero-order valence-corrected chi connectivity index (χ0v) is 12.7. The molecule has 3 rings (SSSR count). The number of carbonyl (C=O) groups excluding carboxylic acids is 1. The third-order valence-corrected chi connectivity index (χ3v) is 4.16. The van der Waals surface area contributed by atoms with Gasteiger partial charge in [0.15, 0.2) is 0 Å². The van der Waals surface area contributed by atoms with Gasteiger partial charge in [-0.05, 0) is 35.2 Å². The molecule has 2 aromatic heterocycles. The van der Waals surface area contributed by atoms with Gasteiger partial charge in [-0.3, -0.25) is 9.78 Å². The van der Waals surface area contributed by atoms with Crippen molar-refractivity contribution in [3.63, 3.8) is 0 Å². The number of thiophene rings is 1. The molecule has 0 fully saturated rings. The maximum atomic E-state index is 13.6. The first-order valence-corrected chi connectivity index (χ1v) is 7.73. The van der Waals surface area contributed by atoms with Gasteiger partial charge in [0.05, 0.1) is 0 Å². The summed E-state index contributed by atoms with van der Waals surface area (Å²) in [6.07, 6.45) is 3.34. The van der Waals surface area contributed by atoms with E-state index < -0.39 is 23.1 Å². The highest BCUT2D eigenvalue weighted by Crippen LogP contribution is 2.24. The van der Waals surface area contributed by atoms with Crippen LogP contribution < -0.4 is 5.32 Å². The molecule has 0 bridgehead atoms. The number of halogens is 2. The predicted octanol–water partition coefficient (Wildman–Crippen LogP) is 4.02. The van der Waals surface area contributed by atoms with E-state index in [2.05, 4.69) is 10.3 Å². The van der Waals surface area contributed by atoms with Crippen LogP contribution in [0.5, 0.6) is 0 Å².